The van der Waals surface area contributed by atoms with E-state index in [1.165, 1.54) is 0 Å². The van der Waals surface area contributed by atoms with Crippen molar-refractivity contribution >= 4 is 5.91 Å². The quantitative estimate of drug-likeness (QED) is 0.835. The number of rotatable bonds is 5. The molecule has 1 amide bonds. The number of hydrogen-bond donors (Lipinski definition) is 2. The topological polar surface area (TPSA) is 61.8 Å². The summed E-state index contributed by atoms with van der Waals surface area (Å²) >= 11 is 0. The van der Waals surface area contributed by atoms with Crippen molar-refractivity contribution in [2.75, 3.05) is 32.8 Å². The number of phenolic OH excluding ortho intramolecular Hbond substituents is 1. The van der Waals surface area contributed by atoms with Crippen LogP contribution in [0.25, 0.3) is 0 Å². The SMILES string of the molecule is CC(C(=O)NCCc1ccc(O)cc1)N1CCOCC1. The third-order valence-electron chi connectivity index (χ3n) is 3.62. The van der Waals surface area contributed by atoms with Crippen molar-refractivity contribution in [1.29, 1.82) is 0 Å². The Bertz CT molecular complexity index is 427. The van der Waals surface area contributed by atoms with Crippen LogP contribution in [0, 0.1) is 0 Å². The fourth-order valence-electron chi connectivity index (χ4n) is 2.27. The minimum atomic E-state index is -0.112. The molecule has 0 bridgehead atoms. The first-order chi connectivity index (χ1) is 9.66. The number of hydrogen-bond acceptors (Lipinski definition) is 4. The van der Waals surface area contributed by atoms with Crippen LogP contribution < -0.4 is 5.32 Å². The Morgan fingerprint density at radius 1 is 1.35 bits per heavy atom. The number of phenols is 1. The first-order valence-electron chi connectivity index (χ1n) is 7.04. The highest BCUT2D eigenvalue weighted by Gasteiger charge is 2.22. The zero-order chi connectivity index (χ0) is 14.4. The van der Waals surface area contributed by atoms with Gasteiger partial charge in [-0.25, -0.2) is 0 Å². The second kappa shape index (κ2) is 7.26. The third kappa shape index (κ3) is 4.21. The fraction of sp³-hybridized carbons (Fsp3) is 0.533. The largest absolute Gasteiger partial charge is 0.508 e. The van der Waals surface area contributed by atoms with Gasteiger partial charge in [0.2, 0.25) is 5.91 Å². The van der Waals surface area contributed by atoms with E-state index in [2.05, 4.69) is 10.2 Å². The summed E-state index contributed by atoms with van der Waals surface area (Å²) in [4.78, 5) is 14.2. The highest BCUT2D eigenvalue weighted by atomic mass is 16.5. The lowest BCUT2D eigenvalue weighted by molar-refractivity contribution is -0.127. The molecule has 1 saturated heterocycles. The van der Waals surface area contributed by atoms with Gasteiger partial charge in [-0.05, 0) is 31.0 Å². The number of ether oxygens (including phenoxy) is 1. The average Bonchev–Trinajstić information content (AvgIpc) is 2.49. The van der Waals surface area contributed by atoms with Crippen LogP contribution in [0.4, 0.5) is 0 Å². The number of nitrogens with zero attached hydrogens (tertiary/aromatic N) is 1. The van der Waals surface area contributed by atoms with Crippen molar-refractivity contribution in [3.63, 3.8) is 0 Å². The van der Waals surface area contributed by atoms with Gasteiger partial charge in [0.05, 0.1) is 19.3 Å². The number of nitrogens with one attached hydrogen (secondary N) is 1. The van der Waals surface area contributed by atoms with E-state index in [1.807, 2.05) is 19.1 Å². The molecule has 1 aromatic carbocycles. The molecule has 2 N–H and O–H groups in total. The minimum Gasteiger partial charge on any atom is -0.508 e. The molecule has 1 aromatic rings. The molecule has 20 heavy (non-hydrogen) atoms. The Morgan fingerprint density at radius 3 is 2.65 bits per heavy atom. The van der Waals surface area contributed by atoms with Crippen LogP contribution >= 0.6 is 0 Å². The van der Waals surface area contributed by atoms with Crippen molar-refractivity contribution in [3.8, 4) is 5.75 Å². The Labute approximate surface area is 119 Å². The number of morpholine rings is 1. The molecule has 1 unspecified atom stereocenters. The zero-order valence-corrected chi connectivity index (χ0v) is 11.8. The van der Waals surface area contributed by atoms with Gasteiger partial charge in [-0.3, -0.25) is 9.69 Å². The van der Waals surface area contributed by atoms with Crippen molar-refractivity contribution in [1.82, 2.24) is 10.2 Å². The summed E-state index contributed by atoms with van der Waals surface area (Å²) in [5.74, 6) is 0.324. The lowest BCUT2D eigenvalue weighted by Gasteiger charge is -2.31. The van der Waals surface area contributed by atoms with Gasteiger partial charge in [0.1, 0.15) is 5.75 Å². The molecule has 1 aliphatic heterocycles. The Morgan fingerprint density at radius 2 is 2.00 bits per heavy atom. The third-order valence-corrected chi connectivity index (χ3v) is 3.62. The van der Waals surface area contributed by atoms with E-state index in [4.69, 9.17) is 4.74 Å². The molecule has 2 rings (SSSR count). The van der Waals surface area contributed by atoms with Gasteiger partial charge >= 0.3 is 0 Å². The van der Waals surface area contributed by atoms with Gasteiger partial charge in [0, 0.05) is 19.6 Å². The normalized spacial score (nSPS) is 17.6. The molecule has 0 aliphatic carbocycles. The van der Waals surface area contributed by atoms with E-state index >= 15 is 0 Å². The second-order valence-corrected chi connectivity index (χ2v) is 5.03. The summed E-state index contributed by atoms with van der Waals surface area (Å²) < 4.78 is 5.28. The van der Waals surface area contributed by atoms with Gasteiger partial charge in [-0.1, -0.05) is 12.1 Å². The highest BCUT2D eigenvalue weighted by molar-refractivity contribution is 5.81. The highest BCUT2D eigenvalue weighted by Crippen LogP contribution is 2.09. The van der Waals surface area contributed by atoms with Crippen LogP contribution in [0.5, 0.6) is 5.75 Å². The summed E-state index contributed by atoms with van der Waals surface area (Å²) in [5.41, 5.74) is 1.10. The van der Waals surface area contributed by atoms with E-state index in [9.17, 15) is 9.90 Å². The van der Waals surface area contributed by atoms with Crippen molar-refractivity contribution in [2.24, 2.45) is 0 Å². The molecule has 1 fully saturated rings. The second-order valence-electron chi connectivity index (χ2n) is 5.03. The molecule has 0 spiro atoms. The maximum atomic E-state index is 12.1. The van der Waals surface area contributed by atoms with Crippen LogP contribution in [-0.4, -0.2) is 54.8 Å². The van der Waals surface area contributed by atoms with E-state index in [1.54, 1.807) is 12.1 Å². The number of carbonyl (C=O) groups excluding carboxylic acids is 1. The molecule has 5 heteroatoms. The minimum absolute atomic E-state index is 0.0608. The van der Waals surface area contributed by atoms with Crippen molar-refractivity contribution in [3.05, 3.63) is 29.8 Å². The molecule has 5 nitrogen and oxygen atoms in total. The van der Waals surface area contributed by atoms with Crippen LogP contribution in [0.3, 0.4) is 0 Å². The smallest absolute Gasteiger partial charge is 0.237 e. The lowest BCUT2D eigenvalue weighted by Crippen LogP contribution is -2.49. The summed E-state index contributed by atoms with van der Waals surface area (Å²) in [5, 5.41) is 12.2. The summed E-state index contributed by atoms with van der Waals surface area (Å²) in [6, 6.07) is 6.94. The maximum absolute atomic E-state index is 12.1. The number of benzene rings is 1. The van der Waals surface area contributed by atoms with E-state index in [0.717, 1.165) is 25.1 Å². The van der Waals surface area contributed by atoms with E-state index in [0.29, 0.717) is 19.8 Å². The molecular weight excluding hydrogens is 256 g/mol. The fourth-order valence-corrected chi connectivity index (χ4v) is 2.27. The first kappa shape index (κ1) is 14.8. The van der Waals surface area contributed by atoms with Crippen molar-refractivity contribution in [2.45, 2.75) is 19.4 Å². The maximum Gasteiger partial charge on any atom is 0.237 e. The summed E-state index contributed by atoms with van der Waals surface area (Å²) in [6.45, 7) is 5.56. The molecule has 0 radical (unpaired) electrons. The van der Waals surface area contributed by atoms with E-state index < -0.39 is 0 Å². The molecule has 1 heterocycles. The first-order valence-corrected chi connectivity index (χ1v) is 7.04. The molecule has 0 aromatic heterocycles. The molecule has 110 valence electrons. The van der Waals surface area contributed by atoms with E-state index in [-0.39, 0.29) is 17.7 Å². The molecule has 0 saturated carbocycles. The van der Waals surface area contributed by atoms with Gasteiger partial charge < -0.3 is 15.2 Å². The molecule has 1 aliphatic rings. The number of aromatic hydroxyl groups is 1. The average molecular weight is 278 g/mol. The van der Waals surface area contributed by atoms with Gasteiger partial charge in [-0.2, -0.15) is 0 Å². The lowest BCUT2D eigenvalue weighted by atomic mass is 10.1. The molecular formula is C15H22N2O3. The summed E-state index contributed by atoms with van der Waals surface area (Å²) in [7, 11) is 0. The summed E-state index contributed by atoms with van der Waals surface area (Å²) in [6.07, 6.45) is 0.766. The Kier molecular flexibility index (Phi) is 5.38. The van der Waals surface area contributed by atoms with Crippen LogP contribution in [-0.2, 0) is 16.0 Å². The number of carbonyl (C=O) groups is 1. The van der Waals surface area contributed by atoms with Crippen LogP contribution in [0.15, 0.2) is 24.3 Å². The molecule has 1 atom stereocenters. The predicted octanol–water partition coefficient (Wildman–Crippen LogP) is 0.772. The van der Waals surface area contributed by atoms with Gasteiger partial charge in [0.25, 0.3) is 0 Å². The standard InChI is InChI=1S/C15H22N2O3/c1-12(17-8-10-20-11-9-17)15(19)16-7-6-13-2-4-14(18)5-3-13/h2-5,12,18H,6-11H2,1H3,(H,16,19). The Balaban J connectivity index is 1.72. The zero-order valence-electron chi connectivity index (χ0n) is 11.8. The Hall–Kier alpha value is -1.59. The van der Waals surface area contributed by atoms with Crippen molar-refractivity contribution < 1.29 is 14.6 Å². The predicted molar refractivity (Wildman–Crippen MR) is 76.7 cm³/mol. The monoisotopic (exact) mass is 278 g/mol. The van der Waals surface area contributed by atoms with Crippen LogP contribution in [0.1, 0.15) is 12.5 Å². The van der Waals surface area contributed by atoms with Crippen LogP contribution in [0.2, 0.25) is 0 Å². The number of amides is 1. The van der Waals surface area contributed by atoms with Gasteiger partial charge in [0.15, 0.2) is 0 Å². The van der Waals surface area contributed by atoms with Gasteiger partial charge in [-0.15, -0.1) is 0 Å².